The van der Waals surface area contributed by atoms with Crippen LogP contribution in [0.15, 0.2) is 18.5 Å². The summed E-state index contributed by atoms with van der Waals surface area (Å²) in [5, 5.41) is 3.10. The molecule has 112 valence electrons. The number of aromatic nitrogens is 1. The lowest BCUT2D eigenvalue weighted by molar-refractivity contribution is 0.0908. The molecule has 0 unspecified atom stereocenters. The fraction of sp³-hybridized carbons (Fsp3) is 0.529. The average Bonchev–Trinajstić information content (AvgIpc) is 2.47. The van der Waals surface area contributed by atoms with E-state index in [1.54, 1.807) is 18.5 Å². The molecule has 1 saturated carbocycles. The van der Waals surface area contributed by atoms with E-state index in [-0.39, 0.29) is 11.9 Å². The fourth-order valence-electron chi connectivity index (χ4n) is 2.60. The number of nitrogens with two attached hydrogens (primary N) is 1. The lowest BCUT2D eigenvalue weighted by atomic mass is 9.75. The molecule has 1 aromatic heterocycles. The first kappa shape index (κ1) is 15.5. The van der Waals surface area contributed by atoms with Crippen LogP contribution in [0.4, 0.5) is 0 Å². The summed E-state index contributed by atoms with van der Waals surface area (Å²) < 4.78 is 0. The van der Waals surface area contributed by atoms with Gasteiger partial charge in [0.25, 0.3) is 5.91 Å². The van der Waals surface area contributed by atoms with Crippen LogP contribution in [-0.4, -0.2) is 23.5 Å². The molecule has 1 aliphatic rings. The van der Waals surface area contributed by atoms with Gasteiger partial charge in [0.1, 0.15) is 0 Å². The van der Waals surface area contributed by atoms with Crippen molar-refractivity contribution in [1.82, 2.24) is 10.3 Å². The molecule has 0 saturated heterocycles. The highest BCUT2D eigenvalue weighted by Crippen LogP contribution is 2.35. The Bertz CT molecular complexity index is 559. The third kappa shape index (κ3) is 4.57. The predicted molar refractivity (Wildman–Crippen MR) is 83.7 cm³/mol. The highest BCUT2D eigenvalue weighted by atomic mass is 16.1. The molecule has 4 heteroatoms. The van der Waals surface area contributed by atoms with Crippen molar-refractivity contribution in [2.24, 2.45) is 11.1 Å². The SMILES string of the molecule is CC1(C)CCC(NC(=O)c2cncc(C#CCN)c2)CC1. The minimum Gasteiger partial charge on any atom is -0.349 e. The highest BCUT2D eigenvalue weighted by Gasteiger charge is 2.27. The quantitative estimate of drug-likeness (QED) is 0.818. The smallest absolute Gasteiger partial charge is 0.253 e. The molecular weight excluding hydrogens is 262 g/mol. The molecular formula is C17H23N3O. The zero-order valence-electron chi connectivity index (χ0n) is 12.8. The van der Waals surface area contributed by atoms with Crippen LogP contribution in [0.2, 0.25) is 0 Å². The number of carbonyl (C=O) groups is 1. The number of nitrogens with zero attached hydrogens (tertiary/aromatic N) is 1. The Kier molecular flexibility index (Phi) is 4.98. The molecule has 0 aliphatic heterocycles. The average molecular weight is 285 g/mol. The van der Waals surface area contributed by atoms with Crippen LogP contribution in [0, 0.1) is 17.3 Å². The number of nitrogens with one attached hydrogen (secondary N) is 1. The summed E-state index contributed by atoms with van der Waals surface area (Å²) >= 11 is 0. The second-order valence-corrected chi connectivity index (χ2v) is 6.38. The van der Waals surface area contributed by atoms with Gasteiger partial charge in [-0.05, 0) is 37.2 Å². The van der Waals surface area contributed by atoms with Crippen LogP contribution in [0.25, 0.3) is 0 Å². The van der Waals surface area contributed by atoms with E-state index in [1.807, 2.05) is 0 Å². The molecule has 1 aliphatic carbocycles. The maximum absolute atomic E-state index is 12.3. The molecule has 0 aromatic carbocycles. The van der Waals surface area contributed by atoms with Crippen LogP contribution in [0.5, 0.6) is 0 Å². The van der Waals surface area contributed by atoms with Gasteiger partial charge in [-0.15, -0.1) is 0 Å². The Balaban J connectivity index is 1.97. The first-order valence-corrected chi connectivity index (χ1v) is 7.45. The third-order valence-electron chi connectivity index (χ3n) is 4.01. The lowest BCUT2D eigenvalue weighted by Crippen LogP contribution is -2.39. The molecule has 21 heavy (non-hydrogen) atoms. The monoisotopic (exact) mass is 285 g/mol. The molecule has 1 heterocycles. The molecule has 1 aromatic rings. The second kappa shape index (κ2) is 6.73. The van der Waals surface area contributed by atoms with Gasteiger partial charge in [-0.3, -0.25) is 9.78 Å². The summed E-state index contributed by atoms with van der Waals surface area (Å²) in [5.41, 5.74) is 7.03. The summed E-state index contributed by atoms with van der Waals surface area (Å²) in [7, 11) is 0. The molecule has 1 fully saturated rings. The van der Waals surface area contributed by atoms with Crippen LogP contribution in [0.1, 0.15) is 55.5 Å². The zero-order chi connectivity index (χ0) is 15.3. The lowest BCUT2D eigenvalue weighted by Gasteiger charge is -2.34. The Morgan fingerprint density at radius 1 is 1.43 bits per heavy atom. The van der Waals surface area contributed by atoms with E-state index in [1.165, 1.54) is 0 Å². The Morgan fingerprint density at radius 2 is 2.14 bits per heavy atom. The van der Waals surface area contributed by atoms with Crippen molar-refractivity contribution in [3.05, 3.63) is 29.6 Å². The molecule has 2 rings (SSSR count). The fourth-order valence-corrected chi connectivity index (χ4v) is 2.60. The van der Waals surface area contributed by atoms with Crippen molar-refractivity contribution >= 4 is 5.91 Å². The summed E-state index contributed by atoms with van der Waals surface area (Å²) in [6.45, 7) is 4.87. The number of hydrogen-bond donors (Lipinski definition) is 2. The van der Waals surface area contributed by atoms with Gasteiger partial charge in [-0.25, -0.2) is 0 Å². The molecule has 0 atom stereocenters. The molecule has 0 bridgehead atoms. The van der Waals surface area contributed by atoms with E-state index >= 15 is 0 Å². The van der Waals surface area contributed by atoms with Gasteiger partial charge in [0.05, 0.1) is 12.1 Å². The van der Waals surface area contributed by atoms with Gasteiger partial charge in [-0.2, -0.15) is 0 Å². The molecule has 1 amide bonds. The first-order chi connectivity index (χ1) is 10.00. The van der Waals surface area contributed by atoms with Crippen LogP contribution in [-0.2, 0) is 0 Å². The van der Waals surface area contributed by atoms with Crippen LogP contribution in [0.3, 0.4) is 0 Å². The summed E-state index contributed by atoms with van der Waals surface area (Å²) in [5.74, 6) is 5.60. The molecule has 0 spiro atoms. The normalized spacial score (nSPS) is 17.7. The van der Waals surface area contributed by atoms with Gasteiger partial charge < -0.3 is 11.1 Å². The largest absolute Gasteiger partial charge is 0.349 e. The first-order valence-electron chi connectivity index (χ1n) is 7.45. The number of amides is 1. The maximum atomic E-state index is 12.3. The van der Waals surface area contributed by atoms with Gasteiger partial charge in [-0.1, -0.05) is 25.7 Å². The summed E-state index contributed by atoms with van der Waals surface area (Å²) in [6, 6.07) is 2.03. The Labute approximate surface area is 126 Å². The number of rotatable bonds is 2. The van der Waals surface area contributed by atoms with E-state index in [2.05, 4.69) is 36.0 Å². The van der Waals surface area contributed by atoms with Crippen molar-refractivity contribution < 1.29 is 4.79 Å². The van der Waals surface area contributed by atoms with E-state index in [9.17, 15) is 4.79 Å². The van der Waals surface area contributed by atoms with Gasteiger partial charge in [0.15, 0.2) is 0 Å². The van der Waals surface area contributed by atoms with Crippen molar-refractivity contribution in [3.8, 4) is 11.8 Å². The maximum Gasteiger partial charge on any atom is 0.253 e. The number of hydrogen-bond acceptors (Lipinski definition) is 3. The summed E-state index contributed by atoms with van der Waals surface area (Å²) in [4.78, 5) is 16.3. The van der Waals surface area contributed by atoms with E-state index in [4.69, 9.17) is 5.73 Å². The van der Waals surface area contributed by atoms with E-state index in [0.29, 0.717) is 17.5 Å². The highest BCUT2D eigenvalue weighted by molar-refractivity contribution is 5.94. The molecule has 0 radical (unpaired) electrons. The minimum atomic E-state index is -0.0661. The number of carbonyl (C=O) groups excluding carboxylic acids is 1. The Morgan fingerprint density at radius 3 is 2.81 bits per heavy atom. The number of pyridine rings is 1. The van der Waals surface area contributed by atoms with Crippen LogP contribution >= 0.6 is 0 Å². The van der Waals surface area contributed by atoms with Gasteiger partial charge in [0.2, 0.25) is 0 Å². The Hall–Kier alpha value is -1.86. The van der Waals surface area contributed by atoms with E-state index < -0.39 is 0 Å². The zero-order valence-corrected chi connectivity index (χ0v) is 12.8. The van der Waals surface area contributed by atoms with Crippen molar-refractivity contribution in [3.63, 3.8) is 0 Å². The standard InChI is InChI=1S/C17H23N3O/c1-17(2)7-5-15(6-8-17)20-16(21)14-10-13(4-3-9-18)11-19-12-14/h10-12,15H,5-9,18H2,1-2H3,(H,20,21). The van der Waals surface area contributed by atoms with Crippen LogP contribution < -0.4 is 11.1 Å². The van der Waals surface area contributed by atoms with Gasteiger partial charge in [0, 0.05) is 24.0 Å². The minimum absolute atomic E-state index is 0.0661. The molecule has 4 nitrogen and oxygen atoms in total. The van der Waals surface area contributed by atoms with Crippen molar-refractivity contribution in [2.45, 2.75) is 45.6 Å². The van der Waals surface area contributed by atoms with Crippen molar-refractivity contribution in [2.75, 3.05) is 6.54 Å². The van der Waals surface area contributed by atoms with Crippen molar-refractivity contribution in [1.29, 1.82) is 0 Å². The van der Waals surface area contributed by atoms with Gasteiger partial charge >= 0.3 is 0 Å². The molecule has 3 N–H and O–H groups in total. The van der Waals surface area contributed by atoms with E-state index in [0.717, 1.165) is 31.2 Å². The topological polar surface area (TPSA) is 68.0 Å². The summed E-state index contributed by atoms with van der Waals surface area (Å²) in [6.07, 6.45) is 7.60. The third-order valence-corrected chi connectivity index (χ3v) is 4.01. The second-order valence-electron chi connectivity index (χ2n) is 6.38. The predicted octanol–water partition coefficient (Wildman–Crippen LogP) is 2.09.